The molecule has 0 aromatic carbocycles. The Morgan fingerprint density at radius 1 is 1.57 bits per heavy atom. The molecule has 0 radical (unpaired) electrons. The molecule has 14 heavy (non-hydrogen) atoms. The highest BCUT2D eigenvalue weighted by atomic mass is 35.5. The number of nitrogens with zero attached hydrogens (tertiary/aromatic N) is 2. The lowest BCUT2D eigenvalue weighted by Gasteiger charge is -2.17. The molecule has 78 valence electrons. The predicted molar refractivity (Wildman–Crippen MR) is 56.2 cm³/mol. The van der Waals surface area contributed by atoms with Crippen LogP contribution in [0, 0.1) is 0 Å². The minimum atomic E-state index is -0.813. The molecule has 0 fully saturated rings. The van der Waals surface area contributed by atoms with Gasteiger partial charge in [-0.1, -0.05) is 11.6 Å². The fourth-order valence-electron chi connectivity index (χ4n) is 0.833. The highest BCUT2D eigenvalue weighted by Crippen LogP contribution is 2.13. The Labute approximate surface area is 87.3 Å². The lowest BCUT2D eigenvalue weighted by molar-refractivity contribution is 0.0944. The maximum atomic E-state index is 9.45. The third kappa shape index (κ3) is 3.76. The number of aliphatic hydroxyl groups is 1. The van der Waals surface area contributed by atoms with Crippen LogP contribution in [0.3, 0.4) is 0 Å². The Morgan fingerprint density at radius 3 is 2.71 bits per heavy atom. The van der Waals surface area contributed by atoms with Gasteiger partial charge in [0.15, 0.2) is 0 Å². The zero-order chi connectivity index (χ0) is 10.8. The molecule has 1 aromatic heterocycles. The van der Waals surface area contributed by atoms with E-state index in [0.29, 0.717) is 12.4 Å². The molecule has 4 N–H and O–H groups in total. The largest absolute Gasteiger partial charge is 0.389 e. The molecule has 5 nitrogen and oxygen atoms in total. The van der Waals surface area contributed by atoms with E-state index in [1.165, 1.54) is 0 Å². The second kappa shape index (κ2) is 3.98. The Morgan fingerprint density at radius 2 is 2.21 bits per heavy atom. The summed E-state index contributed by atoms with van der Waals surface area (Å²) in [6, 6.07) is 1.55. The van der Waals surface area contributed by atoms with Crippen molar-refractivity contribution in [3.63, 3.8) is 0 Å². The first kappa shape index (κ1) is 11.0. The predicted octanol–water partition coefficient (Wildman–Crippen LogP) is 0.895. The Bertz CT molecular complexity index is 303. The smallest absolute Gasteiger partial charge is 0.223 e. The molecule has 0 aliphatic heterocycles. The summed E-state index contributed by atoms with van der Waals surface area (Å²) in [7, 11) is 0. The van der Waals surface area contributed by atoms with E-state index >= 15 is 0 Å². The first-order valence-electron chi connectivity index (χ1n) is 4.13. The molecular formula is C8H13ClN4O. The van der Waals surface area contributed by atoms with Crippen LogP contribution in [0.4, 0.5) is 11.8 Å². The summed E-state index contributed by atoms with van der Waals surface area (Å²) in [6.07, 6.45) is 0. The van der Waals surface area contributed by atoms with Crippen molar-refractivity contribution in [2.75, 3.05) is 17.6 Å². The second-order valence-corrected chi connectivity index (χ2v) is 3.99. The van der Waals surface area contributed by atoms with Gasteiger partial charge in [0, 0.05) is 12.6 Å². The highest BCUT2D eigenvalue weighted by molar-refractivity contribution is 6.29. The molecule has 1 heterocycles. The number of nitrogens with one attached hydrogen (secondary N) is 1. The van der Waals surface area contributed by atoms with E-state index < -0.39 is 5.60 Å². The highest BCUT2D eigenvalue weighted by Gasteiger charge is 2.12. The van der Waals surface area contributed by atoms with Crippen molar-refractivity contribution in [3.8, 4) is 0 Å². The van der Waals surface area contributed by atoms with Crippen molar-refractivity contribution >= 4 is 23.4 Å². The van der Waals surface area contributed by atoms with E-state index in [-0.39, 0.29) is 11.1 Å². The van der Waals surface area contributed by atoms with Gasteiger partial charge in [-0.3, -0.25) is 0 Å². The van der Waals surface area contributed by atoms with Crippen LogP contribution in [-0.4, -0.2) is 27.2 Å². The van der Waals surface area contributed by atoms with Gasteiger partial charge < -0.3 is 16.2 Å². The zero-order valence-electron chi connectivity index (χ0n) is 8.08. The Balaban J connectivity index is 2.68. The monoisotopic (exact) mass is 216 g/mol. The van der Waals surface area contributed by atoms with Crippen LogP contribution in [0.2, 0.25) is 5.15 Å². The SMILES string of the molecule is CC(C)(O)CNc1cc(Cl)nc(N)n1. The van der Waals surface area contributed by atoms with Gasteiger partial charge in [-0.25, -0.2) is 4.98 Å². The molecule has 6 heteroatoms. The molecule has 0 aliphatic carbocycles. The quantitative estimate of drug-likeness (QED) is 0.654. The molecule has 0 bridgehead atoms. The number of hydrogen-bond donors (Lipinski definition) is 3. The lowest BCUT2D eigenvalue weighted by Crippen LogP contribution is -2.29. The van der Waals surface area contributed by atoms with E-state index in [2.05, 4.69) is 15.3 Å². The van der Waals surface area contributed by atoms with Crippen LogP contribution in [0.5, 0.6) is 0 Å². The normalized spacial score (nSPS) is 11.4. The van der Waals surface area contributed by atoms with Crippen molar-refractivity contribution in [1.82, 2.24) is 9.97 Å². The maximum absolute atomic E-state index is 9.45. The first-order valence-corrected chi connectivity index (χ1v) is 4.51. The van der Waals surface area contributed by atoms with Crippen molar-refractivity contribution in [2.45, 2.75) is 19.4 Å². The molecule has 0 aliphatic rings. The van der Waals surface area contributed by atoms with Gasteiger partial charge in [0.25, 0.3) is 0 Å². The molecule has 0 spiro atoms. The summed E-state index contributed by atoms with van der Waals surface area (Å²) in [5.41, 5.74) is 4.58. The minimum absolute atomic E-state index is 0.107. The van der Waals surface area contributed by atoms with Crippen molar-refractivity contribution in [1.29, 1.82) is 0 Å². The van der Waals surface area contributed by atoms with Crippen LogP contribution < -0.4 is 11.1 Å². The first-order chi connectivity index (χ1) is 6.37. The van der Waals surface area contributed by atoms with Crippen molar-refractivity contribution in [3.05, 3.63) is 11.2 Å². The van der Waals surface area contributed by atoms with E-state index in [4.69, 9.17) is 17.3 Å². The Kier molecular flexibility index (Phi) is 3.13. The van der Waals surface area contributed by atoms with Gasteiger partial charge in [0.1, 0.15) is 11.0 Å². The van der Waals surface area contributed by atoms with Crippen LogP contribution in [0.25, 0.3) is 0 Å². The number of nitrogen functional groups attached to an aromatic ring is 1. The van der Waals surface area contributed by atoms with E-state index in [9.17, 15) is 5.11 Å². The lowest BCUT2D eigenvalue weighted by atomic mass is 10.1. The van der Waals surface area contributed by atoms with Gasteiger partial charge >= 0.3 is 0 Å². The standard InChI is InChI=1S/C8H13ClN4O/c1-8(2,14)4-11-6-3-5(9)12-7(10)13-6/h3,14H,4H2,1-2H3,(H3,10,11,12,13). The molecule has 0 saturated heterocycles. The average molecular weight is 217 g/mol. The van der Waals surface area contributed by atoms with E-state index in [1.807, 2.05) is 0 Å². The fraction of sp³-hybridized carbons (Fsp3) is 0.500. The van der Waals surface area contributed by atoms with Gasteiger partial charge in [-0.15, -0.1) is 0 Å². The number of hydrogen-bond acceptors (Lipinski definition) is 5. The Hall–Kier alpha value is -1.07. The number of aromatic nitrogens is 2. The molecule has 0 saturated carbocycles. The topological polar surface area (TPSA) is 84.1 Å². The third-order valence-corrected chi connectivity index (χ3v) is 1.61. The molecule has 0 atom stereocenters. The molecule has 1 aromatic rings. The maximum Gasteiger partial charge on any atom is 0.223 e. The summed E-state index contributed by atoms with van der Waals surface area (Å²) in [5.74, 6) is 0.611. The van der Waals surface area contributed by atoms with Crippen LogP contribution in [0.1, 0.15) is 13.8 Å². The summed E-state index contributed by atoms with van der Waals surface area (Å²) in [4.78, 5) is 7.61. The summed E-state index contributed by atoms with van der Waals surface area (Å²) >= 11 is 5.67. The number of halogens is 1. The van der Waals surface area contributed by atoms with Crippen LogP contribution in [0.15, 0.2) is 6.07 Å². The van der Waals surface area contributed by atoms with E-state index in [0.717, 1.165) is 0 Å². The summed E-state index contributed by atoms with van der Waals surface area (Å²) < 4.78 is 0. The van der Waals surface area contributed by atoms with Gasteiger partial charge in [-0.05, 0) is 13.8 Å². The second-order valence-electron chi connectivity index (χ2n) is 3.60. The molecule has 1 rings (SSSR count). The fourth-order valence-corrected chi connectivity index (χ4v) is 1.02. The molecule has 0 amide bonds. The molecular weight excluding hydrogens is 204 g/mol. The average Bonchev–Trinajstić information content (AvgIpc) is 1.97. The van der Waals surface area contributed by atoms with Gasteiger partial charge in [0.05, 0.1) is 5.60 Å². The van der Waals surface area contributed by atoms with Crippen molar-refractivity contribution < 1.29 is 5.11 Å². The third-order valence-electron chi connectivity index (χ3n) is 1.41. The van der Waals surface area contributed by atoms with Gasteiger partial charge in [-0.2, -0.15) is 4.98 Å². The number of nitrogens with two attached hydrogens (primary N) is 1. The molecule has 0 unspecified atom stereocenters. The van der Waals surface area contributed by atoms with Crippen LogP contribution >= 0.6 is 11.6 Å². The number of rotatable bonds is 3. The zero-order valence-corrected chi connectivity index (χ0v) is 8.84. The number of anilines is 2. The summed E-state index contributed by atoms with van der Waals surface area (Å²) in [6.45, 7) is 3.73. The summed E-state index contributed by atoms with van der Waals surface area (Å²) in [5, 5.41) is 12.6. The van der Waals surface area contributed by atoms with Gasteiger partial charge in [0.2, 0.25) is 5.95 Å². The minimum Gasteiger partial charge on any atom is -0.389 e. The van der Waals surface area contributed by atoms with Crippen molar-refractivity contribution in [2.24, 2.45) is 0 Å². The van der Waals surface area contributed by atoms with Crippen LogP contribution in [-0.2, 0) is 0 Å². The van der Waals surface area contributed by atoms with E-state index in [1.54, 1.807) is 19.9 Å².